The number of piperazine rings is 1. The van der Waals surface area contributed by atoms with Crippen LogP contribution >= 0.6 is 0 Å². The van der Waals surface area contributed by atoms with E-state index in [2.05, 4.69) is 15.2 Å². The number of aromatic nitrogens is 1. The summed E-state index contributed by atoms with van der Waals surface area (Å²) in [7, 11) is 0. The number of carbonyl (C=O) groups is 2. The van der Waals surface area contributed by atoms with Crippen molar-refractivity contribution in [2.24, 2.45) is 5.73 Å². The van der Waals surface area contributed by atoms with Gasteiger partial charge in [0.15, 0.2) is 0 Å². The molecule has 1 aliphatic heterocycles. The lowest BCUT2D eigenvalue weighted by atomic mass is 10.1. The van der Waals surface area contributed by atoms with E-state index in [0.717, 1.165) is 5.69 Å². The van der Waals surface area contributed by atoms with Crippen LogP contribution in [0.4, 0.5) is 14.9 Å². The van der Waals surface area contributed by atoms with Crippen molar-refractivity contribution in [3.63, 3.8) is 0 Å². The second-order valence-electron chi connectivity index (χ2n) is 5.98. The second kappa shape index (κ2) is 7.81. The third-order valence-electron chi connectivity index (χ3n) is 4.33. The van der Waals surface area contributed by atoms with Crippen LogP contribution in [0.1, 0.15) is 16.1 Å². The fourth-order valence-electron chi connectivity index (χ4n) is 2.82. The molecule has 0 spiro atoms. The molecule has 3 rings (SSSR count). The van der Waals surface area contributed by atoms with Gasteiger partial charge in [-0.05, 0) is 36.4 Å². The van der Waals surface area contributed by atoms with E-state index in [0.29, 0.717) is 31.7 Å². The summed E-state index contributed by atoms with van der Waals surface area (Å²) in [5.74, 6) is -0.889. The van der Waals surface area contributed by atoms with Gasteiger partial charge >= 0.3 is 6.03 Å². The number of nitrogens with zero attached hydrogens (tertiary/aromatic N) is 3. The number of nitrogens with two attached hydrogens (primary N) is 1. The highest BCUT2D eigenvalue weighted by atomic mass is 19.1. The van der Waals surface area contributed by atoms with Gasteiger partial charge in [-0.1, -0.05) is 0 Å². The number of anilines is 1. The average Bonchev–Trinajstić information content (AvgIpc) is 2.67. The van der Waals surface area contributed by atoms with Crippen molar-refractivity contribution in [1.29, 1.82) is 0 Å². The molecule has 26 heavy (non-hydrogen) atoms. The number of benzene rings is 1. The lowest BCUT2D eigenvalue weighted by Gasteiger charge is -2.36. The predicted octanol–water partition coefficient (Wildman–Crippen LogP) is 1.35. The first kappa shape index (κ1) is 17.7. The van der Waals surface area contributed by atoms with Crippen LogP contribution < -0.4 is 16.0 Å². The van der Waals surface area contributed by atoms with E-state index in [-0.39, 0.29) is 18.3 Å². The number of halogens is 1. The number of urea groups is 1. The van der Waals surface area contributed by atoms with Gasteiger partial charge in [0.1, 0.15) is 5.82 Å². The van der Waals surface area contributed by atoms with Crippen LogP contribution in [0.5, 0.6) is 0 Å². The van der Waals surface area contributed by atoms with Gasteiger partial charge in [0, 0.05) is 43.6 Å². The van der Waals surface area contributed by atoms with Gasteiger partial charge in [-0.25, -0.2) is 9.18 Å². The number of hydrogen-bond acceptors (Lipinski definition) is 4. The smallest absolute Gasteiger partial charge is 0.317 e. The topological polar surface area (TPSA) is 91.6 Å². The Morgan fingerprint density at radius 2 is 1.81 bits per heavy atom. The van der Waals surface area contributed by atoms with Crippen LogP contribution in [0, 0.1) is 5.82 Å². The van der Waals surface area contributed by atoms with E-state index in [1.54, 1.807) is 17.0 Å². The molecule has 7 nitrogen and oxygen atoms in total. The van der Waals surface area contributed by atoms with Gasteiger partial charge in [-0.3, -0.25) is 9.78 Å². The highest BCUT2D eigenvalue weighted by Gasteiger charge is 2.21. The van der Waals surface area contributed by atoms with Gasteiger partial charge in [-0.2, -0.15) is 0 Å². The largest absolute Gasteiger partial charge is 0.368 e. The van der Waals surface area contributed by atoms with Crippen molar-refractivity contribution < 1.29 is 14.0 Å². The maximum absolute atomic E-state index is 13.5. The standard InChI is InChI=1S/C18H20FN5O2/c19-15-2-1-7-21-16(15)12-22-18(26)24-10-8-23(9-11-24)14-5-3-13(4-6-14)17(20)25/h1-7H,8-12H2,(H2,20,25)(H,22,26). The van der Waals surface area contributed by atoms with Crippen molar-refractivity contribution in [2.45, 2.75) is 6.54 Å². The van der Waals surface area contributed by atoms with E-state index in [1.807, 2.05) is 12.1 Å². The summed E-state index contributed by atoms with van der Waals surface area (Å²) < 4.78 is 13.5. The van der Waals surface area contributed by atoms with E-state index >= 15 is 0 Å². The summed E-state index contributed by atoms with van der Waals surface area (Å²) in [5, 5.41) is 2.70. The Hall–Kier alpha value is -3.16. The summed E-state index contributed by atoms with van der Waals surface area (Å²) in [6.45, 7) is 2.49. The number of amides is 3. The Morgan fingerprint density at radius 3 is 2.42 bits per heavy atom. The molecular weight excluding hydrogens is 337 g/mol. The molecule has 1 aliphatic rings. The third-order valence-corrected chi connectivity index (χ3v) is 4.33. The Labute approximate surface area is 150 Å². The van der Waals surface area contributed by atoms with Crippen LogP contribution in [0.2, 0.25) is 0 Å². The summed E-state index contributed by atoms with van der Waals surface area (Å²) in [6.07, 6.45) is 1.49. The quantitative estimate of drug-likeness (QED) is 0.864. The normalized spacial score (nSPS) is 14.2. The molecule has 0 bridgehead atoms. The van der Waals surface area contributed by atoms with Crippen molar-refractivity contribution in [2.75, 3.05) is 31.1 Å². The van der Waals surface area contributed by atoms with E-state index in [4.69, 9.17) is 5.73 Å². The molecule has 0 saturated carbocycles. The fraction of sp³-hybridized carbons (Fsp3) is 0.278. The summed E-state index contributed by atoms with van der Waals surface area (Å²) in [5.41, 5.74) is 6.90. The first-order valence-electron chi connectivity index (χ1n) is 8.31. The Kier molecular flexibility index (Phi) is 5.31. The summed E-state index contributed by atoms with van der Waals surface area (Å²) in [6, 6.07) is 9.67. The highest BCUT2D eigenvalue weighted by molar-refractivity contribution is 5.93. The van der Waals surface area contributed by atoms with Gasteiger partial charge in [-0.15, -0.1) is 0 Å². The maximum atomic E-state index is 13.5. The molecule has 1 fully saturated rings. The molecule has 3 amide bonds. The molecule has 0 aliphatic carbocycles. The predicted molar refractivity (Wildman–Crippen MR) is 95.2 cm³/mol. The van der Waals surface area contributed by atoms with Crippen LogP contribution in [-0.4, -0.2) is 48.0 Å². The highest BCUT2D eigenvalue weighted by Crippen LogP contribution is 2.17. The molecule has 0 atom stereocenters. The van der Waals surface area contributed by atoms with Crippen molar-refractivity contribution in [3.8, 4) is 0 Å². The maximum Gasteiger partial charge on any atom is 0.317 e. The van der Waals surface area contributed by atoms with Crippen molar-refractivity contribution >= 4 is 17.6 Å². The number of primary amides is 1. The Bertz CT molecular complexity index is 788. The van der Waals surface area contributed by atoms with Crippen molar-refractivity contribution in [3.05, 3.63) is 59.7 Å². The van der Waals surface area contributed by atoms with E-state index in [9.17, 15) is 14.0 Å². The molecule has 0 radical (unpaired) electrons. The molecule has 136 valence electrons. The Balaban J connectivity index is 1.50. The minimum absolute atomic E-state index is 0.0559. The second-order valence-corrected chi connectivity index (χ2v) is 5.98. The average molecular weight is 357 g/mol. The minimum atomic E-state index is -0.456. The number of pyridine rings is 1. The van der Waals surface area contributed by atoms with Gasteiger partial charge in [0.25, 0.3) is 0 Å². The lowest BCUT2D eigenvalue weighted by molar-refractivity contribution is 0.1000. The summed E-state index contributed by atoms with van der Waals surface area (Å²) >= 11 is 0. The minimum Gasteiger partial charge on any atom is -0.368 e. The molecule has 2 heterocycles. The molecule has 1 saturated heterocycles. The van der Waals surface area contributed by atoms with Crippen LogP contribution in [0.3, 0.4) is 0 Å². The molecule has 2 aromatic rings. The zero-order valence-electron chi connectivity index (χ0n) is 14.2. The monoisotopic (exact) mass is 357 g/mol. The number of carbonyl (C=O) groups excluding carboxylic acids is 2. The van der Waals surface area contributed by atoms with E-state index < -0.39 is 11.7 Å². The molecular formula is C18H20FN5O2. The zero-order valence-corrected chi connectivity index (χ0v) is 14.2. The van der Waals surface area contributed by atoms with E-state index in [1.165, 1.54) is 18.3 Å². The van der Waals surface area contributed by atoms with Crippen molar-refractivity contribution in [1.82, 2.24) is 15.2 Å². The van der Waals surface area contributed by atoms with Crippen LogP contribution in [0.15, 0.2) is 42.6 Å². The first-order chi connectivity index (χ1) is 12.5. The zero-order chi connectivity index (χ0) is 18.5. The number of nitrogens with one attached hydrogen (secondary N) is 1. The Morgan fingerprint density at radius 1 is 1.12 bits per heavy atom. The number of hydrogen-bond donors (Lipinski definition) is 2. The molecule has 1 aromatic carbocycles. The van der Waals surface area contributed by atoms with Gasteiger partial charge in [0.2, 0.25) is 5.91 Å². The van der Waals surface area contributed by atoms with Gasteiger partial charge < -0.3 is 20.9 Å². The SMILES string of the molecule is NC(=O)c1ccc(N2CCN(C(=O)NCc3ncccc3F)CC2)cc1. The molecule has 3 N–H and O–H groups in total. The third kappa shape index (κ3) is 4.08. The first-order valence-corrected chi connectivity index (χ1v) is 8.31. The molecule has 0 unspecified atom stereocenters. The van der Waals surface area contributed by atoms with Gasteiger partial charge in [0.05, 0.1) is 12.2 Å². The summed E-state index contributed by atoms with van der Waals surface area (Å²) in [4.78, 5) is 31.1. The molecule has 1 aromatic heterocycles. The van der Waals surface area contributed by atoms with Crippen LogP contribution in [0.25, 0.3) is 0 Å². The fourth-order valence-corrected chi connectivity index (χ4v) is 2.82. The van der Waals surface area contributed by atoms with Crippen LogP contribution in [-0.2, 0) is 6.54 Å². The molecule has 8 heteroatoms. The number of rotatable bonds is 4. The lowest BCUT2D eigenvalue weighted by Crippen LogP contribution is -2.51.